The second kappa shape index (κ2) is 9.58. The second-order valence-electron chi connectivity index (χ2n) is 6.58. The Bertz CT molecular complexity index is 1020. The molecule has 0 aromatic heterocycles. The average Bonchev–Trinajstić information content (AvgIpc) is 2.71. The molecule has 158 valence electrons. The van der Waals surface area contributed by atoms with Crippen molar-refractivity contribution in [2.24, 2.45) is 0 Å². The van der Waals surface area contributed by atoms with Crippen LogP contribution in [0.1, 0.15) is 32.4 Å². The lowest BCUT2D eigenvalue weighted by molar-refractivity contribution is -0.145. The van der Waals surface area contributed by atoms with Crippen molar-refractivity contribution in [1.82, 2.24) is 10.6 Å². The summed E-state index contributed by atoms with van der Waals surface area (Å²) in [6, 6.07) is 10.8. The van der Waals surface area contributed by atoms with E-state index < -0.39 is 18.0 Å². The number of carbonyl (C=O) groups is 2. The number of nitrogens with one attached hydrogen (secondary N) is 2. The van der Waals surface area contributed by atoms with E-state index >= 15 is 0 Å². The normalized spacial score (nSPS) is 16.0. The molecule has 7 nitrogen and oxygen atoms in total. The van der Waals surface area contributed by atoms with Gasteiger partial charge in [0.05, 0.1) is 24.8 Å². The zero-order valence-electron chi connectivity index (χ0n) is 17.1. The van der Waals surface area contributed by atoms with Gasteiger partial charge in [0, 0.05) is 11.3 Å². The molecule has 0 bridgehead atoms. The van der Waals surface area contributed by atoms with Gasteiger partial charge in [0.1, 0.15) is 5.75 Å². The van der Waals surface area contributed by atoms with E-state index in [0.29, 0.717) is 27.7 Å². The first kappa shape index (κ1) is 21.6. The number of benzene rings is 2. The Labute approximate surface area is 180 Å². The molecule has 0 aliphatic carbocycles. The van der Waals surface area contributed by atoms with Gasteiger partial charge in [-0.3, -0.25) is 0 Å². The van der Waals surface area contributed by atoms with Crippen molar-refractivity contribution in [3.05, 3.63) is 53.2 Å². The van der Waals surface area contributed by atoms with Crippen molar-refractivity contribution >= 4 is 40.0 Å². The van der Waals surface area contributed by atoms with E-state index in [1.807, 2.05) is 30.3 Å². The van der Waals surface area contributed by atoms with Crippen LogP contribution in [0.15, 0.2) is 47.7 Å². The number of rotatable bonds is 7. The highest BCUT2D eigenvalue weighted by Gasteiger charge is 2.34. The summed E-state index contributed by atoms with van der Waals surface area (Å²) in [5, 5.41) is 8.37. The van der Waals surface area contributed by atoms with Gasteiger partial charge >= 0.3 is 11.9 Å². The van der Waals surface area contributed by atoms with Crippen LogP contribution in [0.25, 0.3) is 10.8 Å². The van der Waals surface area contributed by atoms with Crippen molar-refractivity contribution in [3.8, 4) is 5.75 Å². The summed E-state index contributed by atoms with van der Waals surface area (Å²) in [5.74, 6) is -0.465. The van der Waals surface area contributed by atoms with E-state index in [1.54, 1.807) is 26.8 Å². The molecule has 0 unspecified atom stereocenters. The lowest BCUT2D eigenvalue weighted by atomic mass is 9.90. The fourth-order valence-electron chi connectivity index (χ4n) is 3.43. The van der Waals surface area contributed by atoms with Gasteiger partial charge in [0.25, 0.3) is 0 Å². The molecule has 30 heavy (non-hydrogen) atoms. The lowest BCUT2D eigenvalue weighted by Gasteiger charge is -2.31. The Morgan fingerprint density at radius 1 is 1.07 bits per heavy atom. The molecule has 8 heteroatoms. The molecule has 0 fully saturated rings. The molecule has 1 aliphatic rings. The van der Waals surface area contributed by atoms with Crippen molar-refractivity contribution in [2.45, 2.75) is 26.8 Å². The summed E-state index contributed by atoms with van der Waals surface area (Å²) in [6.45, 7) is 5.53. The fourth-order valence-corrected chi connectivity index (χ4v) is 3.70. The third-order valence-corrected chi connectivity index (χ3v) is 4.85. The maximum atomic E-state index is 12.8. The van der Waals surface area contributed by atoms with Crippen molar-refractivity contribution in [1.29, 1.82) is 0 Å². The lowest BCUT2D eigenvalue weighted by Crippen LogP contribution is -2.45. The Kier molecular flexibility index (Phi) is 6.89. The van der Waals surface area contributed by atoms with E-state index in [0.717, 1.165) is 10.8 Å². The summed E-state index contributed by atoms with van der Waals surface area (Å²) in [6.07, 6.45) is 0. The van der Waals surface area contributed by atoms with E-state index in [1.165, 1.54) is 0 Å². The Morgan fingerprint density at radius 3 is 2.53 bits per heavy atom. The maximum absolute atomic E-state index is 12.8. The van der Waals surface area contributed by atoms with Gasteiger partial charge in [-0.1, -0.05) is 30.3 Å². The molecule has 3 rings (SSSR count). The highest BCUT2D eigenvalue weighted by atomic mass is 32.1. The summed E-state index contributed by atoms with van der Waals surface area (Å²) < 4.78 is 16.1. The van der Waals surface area contributed by atoms with Gasteiger partial charge in [-0.05, 0) is 49.8 Å². The molecule has 0 spiro atoms. The number of carbonyl (C=O) groups excluding carboxylic acids is 2. The highest BCUT2D eigenvalue weighted by molar-refractivity contribution is 7.80. The molecule has 2 aromatic rings. The van der Waals surface area contributed by atoms with Crippen LogP contribution in [-0.2, 0) is 19.1 Å². The summed E-state index contributed by atoms with van der Waals surface area (Å²) >= 11 is 5.35. The van der Waals surface area contributed by atoms with Crippen LogP contribution in [0.4, 0.5) is 0 Å². The molecule has 0 saturated carbocycles. The highest BCUT2D eigenvalue weighted by Crippen LogP contribution is 2.38. The third kappa shape index (κ3) is 4.54. The first-order chi connectivity index (χ1) is 14.5. The molecule has 1 atom stereocenters. The third-order valence-electron chi connectivity index (χ3n) is 4.63. The molecule has 1 heterocycles. The molecule has 2 N–H and O–H groups in total. The molecule has 0 saturated heterocycles. The molecular formula is C22H24N2O5S. The number of ether oxygens (including phenoxy) is 3. The summed E-state index contributed by atoms with van der Waals surface area (Å²) in [5.41, 5.74) is 1.71. The van der Waals surface area contributed by atoms with Crippen LogP contribution in [0.5, 0.6) is 5.75 Å². The fraction of sp³-hybridized carbons (Fsp3) is 0.318. The average molecular weight is 429 g/mol. The Hall–Kier alpha value is -3.13. The predicted molar refractivity (Wildman–Crippen MR) is 117 cm³/mol. The first-order valence-electron chi connectivity index (χ1n) is 9.71. The number of esters is 2. The van der Waals surface area contributed by atoms with Gasteiger partial charge < -0.3 is 24.8 Å². The van der Waals surface area contributed by atoms with Crippen molar-refractivity contribution < 1.29 is 23.8 Å². The van der Waals surface area contributed by atoms with Crippen LogP contribution in [-0.4, -0.2) is 36.9 Å². The van der Waals surface area contributed by atoms with Crippen molar-refractivity contribution in [3.63, 3.8) is 0 Å². The van der Waals surface area contributed by atoms with Gasteiger partial charge in [0.15, 0.2) is 11.7 Å². The number of allylic oxidation sites excluding steroid dienone is 1. The number of hydrogen-bond acceptors (Lipinski definition) is 6. The standard InChI is InChI=1S/C22H24N2O5S/c1-4-27-17(25)12-29-16-11-10-14-8-6-7-9-15(14)19(16)20-18(21(26)28-5-2)13(3)23-22(30)24-20/h6-11,20H,4-5,12H2,1-3H3,(H2,23,24,30)/t20-/m0/s1. The van der Waals surface area contributed by atoms with Crippen LogP contribution < -0.4 is 15.4 Å². The largest absolute Gasteiger partial charge is 0.482 e. The van der Waals surface area contributed by atoms with E-state index in [2.05, 4.69) is 10.6 Å². The monoisotopic (exact) mass is 428 g/mol. The smallest absolute Gasteiger partial charge is 0.344 e. The van der Waals surface area contributed by atoms with Crippen LogP contribution in [0.3, 0.4) is 0 Å². The zero-order valence-corrected chi connectivity index (χ0v) is 17.9. The number of fused-ring (bicyclic) bond motifs is 1. The van der Waals surface area contributed by atoms with E-state index in [-0.39, 0.29) is 19.8 Å². The Morgan fingerprint density at radius 2 is 1.80 bits per heavy atom. The second-order valence-corrected chi connectivity index (χ2v) is 6.99. The van der Waals surface area contributed by atoms with Crippen LogP contribution >= 0.6 is 12.2 Å². The molecule has 0 radical (unpaired) electrons. The Balaban J connectivity index is 2.14. The van der Waals surface area contributed by atoms with Gasteiger partial charge in [0.2, 0.25) is 0 Å². The molecular weight excluding hydrogens is 404 g/mol. The molecule has 0 amide bonds. The van der Waals surface area contributed by atoms with E-state index in [4.69, 9.17) is 26.4 Å². The predicted octanol–water partition coefficient (Wildman–Crippen LogP) is 3.14. The number of hydrogen-bond donors (Lipinski definition) is 2. The minimum atomic E-state index is -0.610. The van der Waals surface area contributed by atoms with E-state index in [9.17, 15) is 9.59 Å². The van der Waals surface area contributed by atoms with Gasteiger partial charge in [-0.2, -0.15) is 0 Å². The van der Waals surface area contributed by atoms with Crippen molar-refractivity contribution in [2.75, 3.05) is 19.8 Å². The minimum absolute atomic E-state index is 0.244. The molecule has 2 aromatic carbocycles. The van der Waals surface area contributed by atoms with Crippen LogP contribution in [0, 0.1) is 0 Å². The van der Waals surface area contributed by atoms with Gasteiger partial charge in [-0.25, -0.2) is 9.59 Å². The maximum Gasteiger partial charge on any atom is 0.344 e. The number of thiocarbonyl (C=S) groups is 1. The SMILES string of the molecule is CCOC(=O)COc1ccc2ccccc2c1[C@H]1NC(=S)NC(C)=C1C(=O)OCC. The summed E-state index contributed by atoms with van der Waals surface area (Å²) in [4.78, 5) is 24.6. The van der Waals surface area contributed by atoms with Crippen LogP contribution in [0.2, 0.25) is 0 Å². The zero-order chi connectivity index (χ0) is 21.7. The van der Waals surface area contributed by atoms with Gasteiger partial charge in [-0.15, -0.1) is 0 Å². The quantitative estimate of drug-likeness (QED) is 0.514. The minimum Gasteiger partial charge on any atom is -0.482 e. The first-order valence-corrected chi connectivity index (χ1v) is 10.1. The summed E-state index contributed by atoms with van der Waals surface area (Å²) in [7, 11) is 0. The molecule has 1 aliphatic heterocycles. The topological polar surface area (TPSA) is 85.9 Å².